The van der Waals surface area contributed by atoms with E-state index in [1.807, 2.05) is 19.9 Å². The van der Waals surface area contributed by atoms with Gasteiger partial charge in [0.25, 0.3) is 5.91 Å². The molecule has 2 aromatic heterocycles. The van der Waals surface area contributed by atoms with Crippen LogP contribution >= 0.6 is 0 Å². The van der Waals surface area contributed by atoms with Crippen molar-refractivity contribution in [2.45, 2.75) is 39.4 Å². The molecule has 13 heteroatoms. The summed E-state index contributed by atoms with van der Waals surface area (Å²) in [5.74, 6) is 1.06. The van der Waals surface area contributed by atoms with Gasteiger partial charge in [-0.2, -0.15) is 23.0 Å². The smallest absolute Gasteiger partial charge is 0.395 e. The van der Waals surface area contributed by atoms with Crippen molar-refractivity contribution in [3.05, 3.63) is 82.8 Å². The number of halogens is 3. The van der Waals surface area contributed by atoms with Crippen LogP contribution in [-0.4, -0.2) is 51.0 Å². The van der Waals surface area contributed by atoms with Gasteiger partial charge in [0.05, 0.1) is 17.9 Å². The largest absolute Gasteiger partial charge is 0.416 e. The summed E-state index contributed by atoms with van der Waals surface area (Å²) < 4.78 is 42.9. The Bertz CT molecular complexity index is 1580. The summed E-state index contributed by atoms with van der Waals surface area (Å²) in [7, 11) is 1.75. The molecule has 0 aliphatic heterocycles. The van der Waals surface area contributed by atoms with Gasteiger partial charge in [0.1, 0.15) is 18.0 Å². The summed E-state index contributed by atoms with van der Waals surface area (Å²) in [6.07, 6.45) is -3.23. The van der Waals surface area contributed by atoms with E-state index in [1.54, 1.807) is 49.8 Å². The van der Waals surface area contributed by atoms with Crippen LogP contribution < -0.4 is 21.3 Å². The van der Waals surface area contributed by atoms with Crippen LogP contribution in [0.4, 0.5) is 36.2 Å². The molecule has 2 aromatic carbocycles. The molecule has 42 heavy (non-hydrogen) atoms. The van der Waals surface area contributed by atoms with Crippen molar-refractivity contribution in [3.63, 3.8) is 0 Å². The summed E-state index contributed by atoms with van der Waals surface area (Å²) >= 11 is 0. The number of aromatic nitrogens is 4. The maximum atomic E-state index is 13.8. The molecule has 0 spiro atoms. The third-order valence-corrected chi connectivity index (χ3v) is 6.64. The summed E-state index contributed by atoms with van der Waals surface area (Å²) in [5.41, 5.74) is 0.867. The molecule has 0 unspecified atom stereocenters. The Labute approximate surface area is 241 Å². The average molecular weight is 583 g/mol. The van der Waals surface area contributed by atoms with Crippen LogP contribution in [0.15, 0.2) is 54.9 Å². The zero-order chi connectivity index (χ0) is 30.7. The molecule has 10 nitrogen and oxygen atoms in total. The number of hydrogen-bond donors (Lipinski definition) is 5. The SMILES string of the molecule is CNc1cc(-n2nc(C)cc2Nc2cc(NC(=O)c3cc(C(F)(F)F)cc(C(C)(C)NCCO)c3)ccc2C)ncn1. The third kappa shape index (κ3) is 7.04. The number of carbonyl (C=O) groups is 1. The van der Waals surface area contributed by atoms with Gasteiger partial charge in [0.2, 0.25) is 0 Å². The minimum atomic E-state index is -4.66. The van der Waals surface area contributed by atoms with Gasteiger partial charge >= 0.3 is 6.18 Å². The molecule has 0 saturated carbocycles. The van der Waals surface area contributed by atoms with Crippen molar-refractivity contribution in [1.29, 1.82) is 0 Å². The van der Waals surface area contributed by atoms with E-state index in [-0.39, 0.29) is 24.3 Å². The molecule has 4 aromatic rings. The average Bonchev–Trinajstić information content (AvgIpc) is 3.32. The van der Waals surface area contributed by atoms with Crippen molar-refractivity contribution in [2.75, 3.05) is 36.1 Å². The number of nitrogens with one attached hydrogen (secondary N) is 4. The number of carbonyl (C=O) groups excluding carboxylic acids is 1. The molecule has 0 radical (unpaired) electrons. The highest BCUT2D eigenvalue weighted by Gasteiger charge is 2.34. The van der Waals surface area contributed by atoms with E-state index in [4.69, 9.17) is 0 Å². The molecule has 0 aliphatic rings. The van der Waals surface area contributed by atoms with Gasteiger partial charge in [0, 0.05) is 48.2 Å². The van der Waals surface area contributed by atoms with Crippen LogP contribution in [-0.2, 0) is 11.7 Å². The fraction of sp³-hybridized carbons (Fsp3) is 0.310. The van der Waals surface area contributed by atoms with Crippen molar-refractivity contribution >= 4 is 28.9 Å². The molecule has 0 aliphatic carbocycles. The van der Waals surface area contributed by atoms with E-state index in [9.17, 15) is 23.1 Å². The molecule has 1 amide bonds. The summed E-state index contributed by atoms with van der Waals surface area (Å²) in [4.78, 5) is 21.7. The highest BCUT2D eigenvalue weighted by atomic mass is 19.4. The highest BCUT2D eigenvalue weighted by molar-refractivity contribution is 6.04. The maximum absolute atomic E-state index is 13.8. The summed E-state index contributed by atoms with van der Waals surface area (Å²) in [6, 6.07) is 12.0. The first-order valence-corrected chi connectivity index (χ1v) is 13.2. The molecular formula is C29H33F3N8O2. The Morgan fingerprint density at radius 3 is 2.43 bits per heavy atom. The normalized spacial score (nSPS) is 11.8. The second kappa shape index (κ2) is 12.2. The number of aryl methyl sites for hydroxylation is 2. The number of anilines is 4. The molecule has 222 valence electrons. The van der Waals surface area contributed by atoms with E-state index in [0.29, 0.717) is 28.8 Å². The predicted molar refractivity (Wildman–Crippen MR) is 155 cm³/mol. The Kier molecular flexibility index (Phi) is 8.83. The monoisotopic (exact) mass is 582 g/mol. The number of amides is 1. The van der Waals surface area contributed by atoms with Crippen LogP contribution in [0.1, 0.15) is 46.6 Å². The molecule has 2 heterocycles. The number of benzene rings is 2. The van der Waals surface area contributed by atoms with Gasteiger partial charge in [0.15, 0.2) is 5.82 Å². The van der Waals surface area contributed by atoms with Gasteiger partial charge in [-0.1, -0.05) is 6.07 Å². The first-order chi connectivity index (χ1) is 19.8. The van der Waals surface area contributed by atoms with Gasteiger partial charge < -0.3 is 26.4 Å². The maximum Gasteiger partial charge on any atom is 0.416 e. The van der Waals surface area contributed by atoms with Crippen molar-refractivity contribution in [1.82, 2.24) is 25.1 Å². The van der Waals surface area contributed by atoms with E-state index in [2.05, 4.69) is 36.3 Å². The topological polar surface area (TPSA) is 129 Å². The quantitative estimate of drug-likeness (QED) is 0.174. The Hall–Kier alpha value is -4.49. The van der Waals surface area contributed by atoms with Crippen LogP contribution in [0.25, 0.3) is 5.82 Å². The molecular weight excluding hydrogens is 549 g/mol. The first-order valence-electron chi connectivity index (χ1n) is 13.2. The predicted octanol–water partition coefficient (Wildman–Crippen LogP) is 5.15. The number of alkyl halides is 3. The Balaban J connectivity index is 1.63. The number of aliphatic hydroxyl groups excluding tert-OH is 1. The van der Waals surface area contributed by atoms with Crippen LogP contribution in [0.5, 0.6) is 0 Å². The number of aliphatic hydroxyl groups is 1. The van der Waals surface area contributed by atoms with E-state index in [0.717, 1.165) is 23.4 Å². The van der Waals surface area contributed by atoms with E-state index >= 15 is 0 Å². The Morgan fingerprint density at radius 1 is 1.00 bits per heavy atom. The lowest BCUT2D eigenvalue weighted by Gasteiger charge is -2.28. The first kappa shape index (κ1) is 30.5. The zero-order valence-electron chi connectivity index (χ0n) is 23.9. The van der Waals surface area contributed by atoms with Crippen molar-refractivity contribution in [2.24, 2.45) is 0 Å². The second-order valence-corrected chi connectivity index (χ2v) is 10.3. The molecule has 0 saturated heterocycles. The lowest BCUT2D eigenvalue weighted by molar-refractivity contribution is -0.137. The number of hydrogen-bond acceptors (Lipinski definition) is 8. The van der Waals surface area contributed by atoms with Crippen LogP contribution in [0.3, 0.4) is 0 Å². The van der Waals surface area contributed by atoms with Crippen molar-refractivity contribution < 1.29 is 23.1 Å². The fourth-order valence-electron chi connectivity index (χ4n) is 4.29. The molecule has 0 atom stereocenters. The van der Waals surface area contributed by atoms with Gasteiger partial charge in [-0.05, 0) is 69.2 Å². The zero-order valence-corrected chi connectivity index (χ0v) is 23.9. The highest BCUT2D eigenvalue weighted by Crippen LogP contribution is 2.34. The standard InChI is InChI=1S/C29H33F3N8O2/c1-17-6-7-22(14-23(17)38-26-10-18(2)39-40(26)25-15-24(33-5)34-16-35-25)37-27(42)19-11-20(28(3,4)36-8-9-41)13-21(12-19)29(30,31)32/h6-7,10-16,36,38,41H,8-9H2,1-5H3,(H,37,42)(H,33,34,35). The molecule has 0 fully saturated rings. The van der Waals surface area contributed by atoms with E-state index in [1.165, 1.54) is 12.4 Å². The van der Waals surface area contributed by atoms with Gasteiger partial charge in [-0.25, -0.2) is 9.97 Å². The minimum Gasteiger partial charge on any atom is -0.395 e. The van der Waals surface area contributed by atoms with Crippen LogP contribution in [0.2, 0.25) is 0 Å². The fourth-order valence-corrected chi connectivity index (χ4v) is 4.29. The molecule has 5 N–H and O–H groups in total. The second-order valence-electron chi connectivity index (χ2n) is 10.3. The lowest BCUT2D eigenvalue weighted by Crippen LogP contribution is -2.38. The van der Waals surface area contributed by atoms with Crippen molar-refractivity contribution in [3.8, 4) is 5.82 Å². The lowest BCUT2D eigenvalue weighted by atomic mass is 9.90. The Morgan fingerprint density at radius 2 is 1.74 bits per heavy atom. The third-order valence-electron chi connectivity index (χ3n) is 6.64. The minimum absolute atomic E-state index is 0.147. The summed E-state index contributed by atoms with van der Waals surface area (Å²) in [5, 5.41) is 25.7. The van der Waals surface area contributed by atoms with E-state index < -0.39 is 23.2 Å². The summed E-state index contributed by atoms with van der Waals surface area (Å²) in [6.45, 7) is 7.09. The number of rotatable bonds is 10. The van der Waals surface area contributed by atoms with Gasteiger partial charge in [-0.3, -0.25) is 4.79 Å². The van der Waals surface area contributed by atoms with Gasteiger partial charge in [-0.15, -0.1) is 0 Å². The molecule has 0 bridgehead atoms. The molecule has 4 rings (SSSR count). The number of nitrogens with zero attached hydrogens (tertiary/aromatic N) is 4. The van der Waals surface area contributed by atoms with Crippen LogP contribution in [0, 0.1) is 13.8 Å².